The predicted octanol–water partition coefficient (Wildman–Crippen LogP) is 7.97. The van der Waals surface area contributed by atoms with Crippen LogP contribution in [0.3, 0.4) is 0 Å². The lowest BCUT2D eigenvalue weighted by Crippen LogP contribution is -2.31. The van der Waals surface area contributed by atoms with Gasteiger partial charge < -0.3 is 14.2 Å². The summed E-state index contributed by atoms with van der Waals surface area (Å²) < 4.78 is 17.5. The summed E-state index contributed by atoms with van der Waals surface area (Å²) >= 11 is 0. The van der Waals surface area contributed by atoms with Crippen molar-refractivity contribution in [1.82, 2.24) is 5.06 Å². The Bertz CT molecular complexity index is 858. The molecule has 0 N–H and O–H groups in total. The van der Waals surface area contributed by atoms with Crippen molar-refractivity contribution in [1.29, 1.82) is 0 Å². The molecule has 242 valence electrons. The van der Waals surface area contributed by atoms with Gasteiger partial charge in [-0.2, -0.15) is 0 Å². The fourth-order valence-electron chi connectivity index (χ4n) is 6.34. The quantitative estimate of drug-likeness (QED) is 0.103. The summed E-state index contributed by atoms with van der Waals surface area (Å²) in [6.45, 7) is 18.9. The summed E-state index contributed by atoms with van der Waals surface area (Å²) in [7, 11) is 3.18. The molecule has 0 radical (unpaired) electrons. The van der Waals surface area contributed by atoms with Crippen molar-refractivity contribution < 1.29 is 28.6 Å². The van der Waals surface area contributed by atoms with E-state index >= 15 is 0 Å². The van der Waals surface area contributed by atoms with Gasteiger partial charge in [0.25, 0.3) is 0 Å². The van der Waals surface area contributed by atoms with Crippen LogP contribution in [0.15, 0.2) is 24.3 Å². The third-order valence-electron chi connectivity index (χ3n) is 9.10. The Kier molecular flexibility index (Phi) is 16.4. The minimum absolute atomic E-state index is 0.0139. The Morgan fingerprint density at radius 2 is 1.48 bits per heavy atom. The Labute approximate surface area is 256 Å². The highest BCUT2D eigenvalue weighted by Crippen LogP contribution is 2.33. The smallest absolute Gasteiger partial charge is 0.309 e. The Morgan fingerprint density at radius 3 is 1.95 bits per heavy atom. The van der Waals surface area contributed by atoms with Gasteiger partial charge in [-0.3, -0.25) is 14.4 Å². The van der Waals surface area contributed by atoms with Crippen molar-refractivity contribution in [3.05, 3.63) is 24.3 Å². The summed E-state index contributed by atoms with van der Waals surface area (Å²) in [5.41, 5.74) is 2.47. The average Bonchev–Trinajstić information content (AvgIpc) is 3.62. The number of cyclic esters (lactones) is 1. The fraction of sp³-hybridized carbons (Fsp3) is 0.829. The third-order valence-corrected chi connectivity index (χ3v) is 9.10. The fourth-order valence-corrected chi connectivity index (χ4v) is 6.34. The maximum absolute atomic E-state index is 12.0. The number of ether oxygens (including phenoxy) is 3. The Balaban J connectivity index is 0.000000298. The molecule has 3 unspecified atom stereocenters. The van der Waals surface area contributed by atoms with Crippen LogP contribution in [0.4, 0.5) is 0 Å². The van der Waals surface area contributed by atoms with Crippen LogP contribution in [-0.4, -0.2) is 61.6 Å². The van der Waals surface area contributed by atoms with E-state index in [-0.39, 0.29) is 42.0 Å². The summed E-state index contributed by atoms with van der Waals surface area (Å²) in [4.78, 5) is 28.3. The molecule has 1 amide bonds. The predicted molar refractivity (Wildman–Crippen MR) is 169 cm³/mol. The highest BCUT2D eigenvalue weighted by molar-refractivity contribution is 5.77. The molecule has 7 heteroatoms. The summed E-state index contributed by atoms with van der Waals surface area (Å²) in [6.07, 6.45) is 16.1. The van der Waals surface area contributed by atoms with E-state index in [9.17, 15) is 9.59 Å². The molecule has 0 aliphatic carbocycles. The maximum atomic E-state index is 12.0. The van der Waals surface area contributed by atoms with Crippen LogP contribution in [0.5, 0.6) is 0 Å². The van der Waals surface area contributed by atoms with E-state index < -0.39 is 0 Å². The second kappa shape index (κ2) is 18.9. The number of carbonyl (C=O) groups excluding carboxylic acids is 2. The van der Waals surface area contributed by atoms with Crippen LogP contribution in [0, 0.1) is 17.8 Å². The topological polar surface area (TPSA) is 74.3 Å². The van der Waals surface area contributed by atoms with Crippen LogP contribution in [0.25, 0.3) is 0 Å². The summed E-state index contributed by atoms with van der Waals surface area (Å²) in [5.74, 6) is 0.540. The lowest BCUT2D eigenvalue weighted by atomic mass is 9.91. The van der Waals surface area contributed by atoms with E-state index in [4.69, 9.17) is 19.0 Å². The largest absolute Gasteiger partial charge is 0.462 e. The van der Waals surface area contributed by atoms with Crippen LogP contribution < -0.4 is 0 Å². The highest BCUT2D eigenvalue weighted by Gasteiger charge is 2.34. The van der Waals surface area contributed by atoms with Crippen LogP contribution >= 0.6 is 0 Å². The second-order valence-corrected chi connectivity index (χ2v) is 13.1. The number of nitrogens with zero attached hydrogens (tertiary/aromatic N) is 1. The van der Waals surface area contributed by atoms with E-state index in [1.165, 1.54) is 49.0 Å². The molecule has 0 spiro atoms. The van der Waals surface area contributed by atoms with Gasteiger partial charge in [0, 0.05) is 13.0 Å². The first kappa shape index (κ1) is 36.5. The van der Waals surface area contributed by atoms with Crippen molar-refractivity contribution in [3.8, 4) is 0 Å². The zero-order valence-electron chi connectivity index (χ0n) is 27.8. The number of amides is 1. The molecule has 3 aliphatic heterocycles. The SMILES string of the molecule is C=C1C[C@H](CCCC)OC1CC[C@@H](C)CC(C)C(=O)N(C)OC.C=C1C[C@H](CCCC)OC1CC[C@@H]1C[C@@H](C)C(=O)O1. The third kappa shape index (κ3) is 12.1. The molecule has 3 aliphatic rings. The summed E-state index contributed by atoms with van der Waals surface area (Å²) in [5, 5.41) is 1.32. The van der Waals surface area contributed by atoms with Gasteiger partial charge in [0.2, 0.25) is 5.91 Å². The number of carbonyl (C=O) groups is 2. The number of hydrogen-bond donors (Lipinski definition) is 0. The van der Waals surface area contributed by atoms with Gasteiger partial charge in [-0.1, -0.05) is 73.5 Å². The Morgan fingerprint density at radius 1 is 0.929 bits per heavy atom. The van der Waals surface area contributed by atoms with E-state index in [0.717, 1.165) is 64.2 Å². The number of esters is 1. The molecule has 3 saturated heterocycles. The average molecular weight is 592 g/mol. The van der Waals surface area contributed by atoms with Gasteiger partial charge in [0.05, 0.1) is 37.4 Å². The van der Waals surface area contributed by atoms with Crippen molar-refractivity contribution in [2.75, 3.05) is 14.2 Å². The first-order chi connectivity index (χ1) is 20.0. The molecule has 0 saturated carbocycles. The molecule has 3 rings (SSSR count). The number of rotatable bonds is 16. The van der Waals surface area contributed by atoms with Crippen molar-refractivity contribution in [3.63, 3.8) is 0 Å². The highest BCUT2D eigenvalue weighted by atomic mass is 16.7. The molecule has 0 aromatic heterocycles. The van der Waals surface area contributed by atoms with E-state index in [0.29, 0.717) is 18.1 Å². The lowest BCUT2D eigenvalue weighted by Gasteiger charge is -2.22. The standard InChI is InChI=1S/C19H35NO3.C16H26O3/c1-7-8-9-17-13-15(3)18(23-17)11-10-14(2)12-16(4)19(21)20(5)22-6;1-4-5-6-13-9-11(2)15(18-13)8-7-14-10-12(3)16(17)19-14/h14,16-18H,3,7-13H2,1-2,4-6H3;12-15H,2,4-10H2,1,3H3/t14-,16?,17+,18?;12-,13+,14-,15?/m11/s1. The van der Waals surface area contributed by atoms with E-state index in [2.05, 4.69) is 33.9 Å². The van der Waals surface area contributed by atoms with Gasteiger partial charge in [0.1, 0.15) is 6.10 Å². The molecule has 8 atom stereocenters. The first-order valence-electron chi connectivity index (χ1n) is 16.7. The molecule has 42 heavy (non-hydrogen) atoms. The van der Waals surface area contributed by atoms with Crippen molar-refractivity contribution in [2.24, 2.45) is 17.8 Å². The molecule has 0 aromatic carbocycles. The molecular weight excluding hydrogens is 530 g/mol. The van der Waals surface area contributed by atoms with Crippen LogP contribution in [0.2, 0.25) is 0 Å². The molecule has 0 bridgehead atoms. The Hall–Kier alpha value is -1.70. The van der Waals surface area contributed by atoms with E-state index in [1.54, 1.807) is 7.05 Å². The second-order valence-electron chi connectivity index (χ2n) is 13.1. The van der Waals surface area contributed by atoms with Crippen molar-refractivity contribution >= 4 is 11.9 Å². The summed E-state index contributed by atoms with van der Waals surface area (Å²) in [6, 6.07) is 0. The van der Waals surface area contributed by atoms with Crippen molar-refractivity contribution in [2.45, 2.75) is 155 Å². The van der Waals surface area contributed by atoms with Gasteiger partial charge in [0.15, 0.2) is 0 Å². The maximum Gasteiger partial charge on any atom is 0.309 e. The molecule has 7 nitrogen and oxygen atoms in total. The molecule has 0 aromatic rings. The van der Waals surface area contributed by atoms with Crippen LogP contribution in [0.1, 0.15) is 125 Å². The van der Waals surface area contributed by atoms with Crippen LogP contribution in [-0.2, 0) is 28.6 Å². The number of hydrogen-bond acceptors (Lipinski definition) is 6. The normalized spacial score (nSPS) is 28.8. The van der Waals surface area contributed by atoms with Gasteiger partial charge in [-0.05, 0) is 81.3 Å². The van der Waals surface area contributed by atoms with E-state index in [1.807, 2.05) is 13.8 Å². The molecular formula is C35H61NO6. The first-order valence-corrected chi connectivity index (χ1v) is 16.7. The molecule has 3 fully saturated rings. The lowest BCUT2D eigenvalue weighted by molar-refractivity contribution is -0.173. The molecule has 3 heterocycles. The van der Waals surface area contributed by atoms with Gasteiger partial charge in [-0.25, -0.2) is 5.06 Å². The minimum atomic E-state index is -0.0445. The minimum Gasteiger partial charge on any atom is -0.462 e. The number of unbranched alkanes of at least 4 members (excludes halogenated alkanes) is 2. The zero-order chi connectivity index (χ0) is 31.2. The number of hydroxylamine groups is 2. The zero-order valence-corrected chi connectivity index (χ0v) is 27.8. The monoisotopic (exact) mass is 591 g/mol. The van der Waals surface area contributed by atoms with Gasteiger partial charge in [-0.15, -0.1) is 0 Å². The van der Waals surface area contributed by atoms with Gasteiger partial charge >= 0.3 is 5.97 Å².